The van der Waals surface area contributed by atoms with Crippen LogP contribution in [-0.2, 0) is 12.8 Å². The molecule has 2 N–H and O–H groups in total. The first-order valence-electron chi connectivity index (χ1n) is 7.73. The van der Waals surface area contributed by atoms with Gasteiger partial charge < -0.3 is 10.2 Å². The van der Waals surface area contributed by atoms with Gasteiger partial charge in [0.2, 0.25) is 0 Å². The lowest BCUT2D eigenvalue weighted by molar-refractivity contribution is 0.0695. The molecular formula is C19H19FO4. The van der Waals surface area contributed by atoms with Gasteiger partial charge >= 0.3 is 11.9 Å². The largest absolute Gasteiger partial charge is 0.478 e. The monoisotopic (exact) mass is 330 g/mol. The SMILES string of the molecule is CCc1cc(CC)c(C(=O)O)c(-c2ccc(F)cc2C)c1C(=O)O. The van der Waals surface area contributed by atoms with Crippen molar-refractivity contribution in [3.63, 3.8) is 0 Å². The zero-order valence-corrected chi connectivity index (χ0v) is 13.8. The van der Waals surface area contributed by atoms with E-state index in [1.54, 1.807) is 13.0 Å². The molecule has 0 aliphatic heterocycles. The minimum Gasteiger partial charge on any atom is -0.478 e. The summed E-state index contributed by atoms with van der Waals surface area (Å²) >= 11 is 0. The van der Waals surface area contributed by atoms with Gasteiger partial charge in [0.1, 0.15) is 5.82 Å². The third-order valence-corrected chi connectivity index (χ3v) is 4.14. The van der Waals surface area contributed by atoms with E-state index >= 15 is 0 Å². The van der Waals surface area contributed by atoms with Crippen LogP contribution in [0.2, 0.25) is 0 Å². The predicted molar refractivity (Wildman–Crippen MR) is 89.2 cm³/mol. The van der Waals surface area contributed by atoms with Gasteiger partial charge in [-0.3, -0.25) is 0 Å². The molecule has 4 nitrogen and oxygen atoms in total. The summed E-state index contributed by atoms with van der Waals surface area (Å²) in [5.41, 5.74) is 2.17. The van der Waals surface area contributed by atoms with Crippen LogP contribution in [0.5, 0.6) is 0 Å². The van der Waals surface area contributed by atoms with Gasteiger partial charge in [0.15, 0.2) is 0 Å². The number of aromatic carboxylic acids is 2. The Kier molecular flexibility index (Phi) is 5.02. The fourth-order valence-corrected chi connectivity index (χ4v) is 3.02. The van der Waals surface area contributed by atoms with Crippen LogP contribution in [0, 0.1) is 12.7 Å². The first-order valence-corrected chi connectivity index (χ1v) is 7.73. The van der Waals surface area contributed by atoms with E-state index in [1.807, 2.05) is 13.8 Å². The van der Waals surface area contributed by atoms with Crippen molar-refractivity contribution in [1.29, 1.82) is 0 Å². The average Bonchev–Trinajstić information content (AvgIpc) is 2.52. The zero-order chi connectivity index (χ0) is 18.0. The number of carboxylic acids is 2. The highest BCUT2D eigenvalue weighted by Gasteiger charge is 2.26. The second kappa shape index (κ2) is 6.83. The van der Waals surface area contributed by atoms with Crippen LogP contribution >= 0.6 is 0 Å². The van der Waals surface area contributed by atoms with Crippen molar-refractivity contribution in [2.75, 3.05) is 0 Å². The fraction of sp³-hybridized carbons (Fsp3) is 0.263. The first kappa shape index (κ1) is 17.7. The number of benzene rings is 2. The van der Waals surface area contributed by atoms with Crippen molar-refractivity contribution in [1.82, 2.24) is 0 Å². The summed E-state index contributed by atoms with van der Waals surface area (Å²) in [4.78, 5) is 23.7. The summed E-state index contributed by atoms with van der Waals surface area (Å²) in [6, 6.07) is 5.58. The van der Waals surface area contributed by atoms with Gasteiger partial charge in [0.05, 0.1) is 11.1 Å². The van der Waals surface area contributed by atoms with Crippen LogP contribution in [0.15, 0.2) is 24.3 Å². The van der Waals surface area contributed by atoms with E-state index < -0.39 is 17.8 Å². The van der Waals surface area contributed by atoms with E-state index in [2.05, 4.69) is 0 Å². The van der Waals surface area contributed by atoms with E-state index in [4.69, 9.17) is 0 Å². The van der Waals surface area contributed by atoms with Gasteiger partial charge in [-0.05, 0) is 54.2 Å². The molecular weight excluding hydrogens is 311 g/mol. The Hall–Kier alpha value is -2.69. The van der Waals surface area contributed by atoms with E-state index in [0.29, 0.717) is 35.1 Å². The van der Waals surface area contributed by atoms with Gasteiger partial charge in [-0.1, -0.05) is 26.0 Å². The first-order chi connectivity index (χ1) is 11.3. The quantitative estimate of drug-likeness (QED) is 0.856. The van der Waals surface area contributed by atoms with Crippen LogP contribution < -0.4 is 0 Å². The summed E-state index contributed by atoms with van der Waals surface area (Å²) in [6.07, 6.45) is 0.920. The molecule has 126 valence electrons. The molecule has 0 saturated carbocycles. The average molecular weight is 330 g/mol. The molecule has 0 spiro atoms. The normalized spacial score (nSPS) is 10.7. The van der Waals surface area contributed by atoms with E-state index in [9.17, 15) is 24.2 Å². The van der Waals surface area contributed by atoms with Gasteiger partial charge in [0, 0.05) is 5.56 Å². The molecule has 0 aliphatic rings. The van der Waals surface area contributed by atoms with Crippen LogP contribution in [0.1, 0.15) is 51.3 Å². The maximum absolute atomic E-state index is 13.4. The van der Waals surface area contributed by atoms with Crippen LogP contribution in [0.25, 0.3) is 11.1 Å². The predicted octanol–water partition coefficient (Wildman–Crippen LogP) is 4.32. The number of hydrogen-bond donors (Lipinski definition) is 2. The fourth-order valence-electron chi connectivity index (χ4n) is 3.02. The molecule has 2 aromatic rings. The minimum absolute atomic E-state index is 0.0261. The number of aryl methyl sites for hydroxylation is 3. The highest BCUT2D eigenvalue weighted by Crippen LogP contribution is 2.36. The lowest BCUT2D eigenvalue weighted by Crippen LogP contribution is -2.14. The highest BCUT2D eigenvalue weighted by molar-refractivity contribution is 6.07. The molecule has 0 aromatic heterocycles. The molecule has 0 aliphatic carbocycles. The molecule has 0 heterocycles. The highest BCUT2D eigenvalue weighted by atomic mass is 19.1. The van der Waals surface area contributed by atoms with Crippen molar-refractivity contribution in [2.24, 2.45) is 0 Å². The van der Waals surface area contributed by atoms with Gasteiger partial charge in [-0.25, -0.2) is 14.0 Å². The third kappa shape index (κ3) is 3.02. The smallest absolute Gasteiger partial charge is 0.336 e. The molecule has 0 amide bonds. The number of rotatable bonds is 5. The van der Waals surface area contributed by atoms with Gasteiger partial charge in [-0.2, -0.15) is 0 Å². The van der Waals surface area contributed by atoms with Crippen LogP contribution in [0.4, 0.5) is 4.39 Å². The van der Waals surface area contributed by atoms with Crippen molar-refractivity contribution >= 4 is 11.9 Å². The van der Waals surface area contributed by atoms with Crippen LogP contribution in [-0.4, -0.2) is 22.2 Å². The molecule has 24 heavy (non-hydrogen) atoms. The Balaban J connectivity index is 3.03. The summed E-state index contributed by atoms with van der Waals surface area (Å²) in [5.74, 6) is -2.82. The topological polar surface area (TPSA) is 74.6 Å². The van der Waals surface area contributed by atoms with E-state index in [-0.39, 0.29) is 16.7 Å². The number of carboxylic acid groups (broad SMARTS) is 2. The van der Waals surface area contributed by atoms with Crippen molar-refractivity contribution in [3.05, 3.63) is 57.9 Å². The van der Waals surface area contributed by atoms with Crippen molar-refractivity contribution < 1.29 is 24.2 Å². The van der Waals surface area contributed by atoms with Crippen molar-refractivity contribution in [3.8, 4) is 11.1 Å². The molecule has 0 radical (unpaired) electrons. The second-order valence-electron chi connectivity index (χ2n) is 5.60. The number of carbonyl (C=O) groups is 2. The summed E-state index contributed by atoms with van der Waals surface area (Å²) in [5, 5.41) is 19.4. The molecule has 0 unspecified atom stereocenters. The minimum atomic E-state index is -1.18. The lowest BCUT2D eigenvalue weighted by atomic mass is 9.84. The Morgan fingerprint density at radius 2 is 1.46 bits per heavy atom. The summed E-state index contributed by atoms with van der Waals surface area (Å²) in [6.45, 7) is 5.28. The Bertz CT molecular complexity index is 784. The van der Waals surface area contributed by atoms with Crippen molar-refractivity contribution in [2.45, 2.75) is 33.6 Å². The Morgan fingerprint density at radius 1 is 0.958 bits per heavy atom. The molecule has 0 fully saturated rings. The Labute approximate surface area is 139 Å². The van der Waals surface area contributed by atoms with E-state index in [1.165, 1.54) is 18.2 Å². The molecule has 5 heteroatoms. The zero-order valence-electron chi connectivity index (χ0n) is 13.8. The maximum Gasteiger partial charge on any atom is 0.336 e. The van der Waals surface area contributed by atoms with Crippen LogP contribution in [0.3, 0.4) is 0 Å². The third-order valence-electron chi connectivity index (χ3n) is 4.14. The van der Waals surface area contributed by atoms with Gasteiger partial charge in [-0.15, -0.1) is 0 Å². The number of hydrogen-bond acceptors (Lipinski definition) is 2. The summed E-state index contributed by atoms with van der Waals surface area (Å²) < 4.78 is 13.4. The maximum atomic E-state index is 13.4. The van der Waals surface area contributed by atoms with Gasteiger partial charge in [0.25, 0.3) is 0 Å². The lowest BCUT2D eigenvalue weighted by Gasteiger charge is -2.19. The molecule has 0 bridgehead atoms. The molecule has 0 atom stereocenters. The Morgan fingerprint density at radius 3 is 1.83 bits per heavy atom. The summed E-state index contributed by atoms with van der Waals surface area (Å²) in [7, 11) is 0. The molecule has 0 saturated heterocycles. The standard InChI is InChI=1S/C19H19FO4/c1-4-11-9-12(5-2)16(19(23)24)17(15(11)18(21)22)14-7-6-13(20)8-10(14)3/h6-9H,4-5H2,1-3H3,(H,21,22)(H,23,24). The molecule has 2 aromatic carbocycles. The number of halogens is 1. The van der Waals surface area contributed by atoms with E-state index in [0.717, 1.165) is 0 Å². The molecule has 2 rings (SSSR count). The second-order valence-corrected chi connectivity index (χ2v) is 5.60.